The smallest absolute Gasteiger partial charge is 0.309 e. The minimum absolute atomic E-state index is 0.00616. The van der Waals surface area contributed by atoms with Gasteiger partial charge in [-0.1, -0.05) is 51.0 Å². The number of epoxide rings is 1. The van der Waals surface area contributed by atoms with Crippen LogP contribution in [-0.2, 0) is 24.5 Å². The van der Waals surface area contributed by atoms with E-state index >= 15 is 0 Å². The molecule has 2 N–H and O–H groups in total. The summed E-state index contributed by atoms with van der Waals surface area (Å²) < 4.78 is 22.1. The first-order valence-electron chi connectivity index (χ1n) is 14.0. The average Bonchev–Trinajstić information content (AvgIpc) is 3.79. The number of carbonyl (C=O) groups is 2. The number of hydrogen-bond donors (Lipinski definition) is 2. The minimum atomic E-state index is -0.969. The molecule has 39 heavy (non-hydrogen) atoms. The maximum Gasteiger partial charge on any atom is 0.309 e. The number of esters is 1. The summed E-state index contributed by atoms with van der Waals surface area (Å²) in [5.41, 5.74) is 2.06. The lowest BCUT2D eigenvalue weighted by Gasteiger charge is -2.29. The molecule has 2 aliphatic rings. The first-order valence-corrected chi connectivity index (χ1v) is 14.0. The highest BCUT2D eigenvalue weighted by Gasteiger charge is 2.36. The fraction of sp³-hybridized carbons (Fsp3) is 0.548. The van der Waals surface area contributed by atoms with Crippen LogP contribution in [0, 0.1) is 11.8 Å². The van der Waals surface area contributed by atoms with Gasteiger partial charge in [-0.3, -0.25) is 9.59 Å². The van der Waals surface area contributed by atoms with E-state index in [2.05, 4.69) is 31.3 Å². The molecule has 212 valence electrons. The quantitative estimate of drug-likeness (QED) is 0.293. The van der Waals surface area contributed by atoms with Crippen molar-refractivity contribution in [3.05, 3.63) is 59.7 Å². The van der Waals surface area contributed by atoms with Crippen LogP contribution in [0.2, 0.25) is 0 Å². The zero-order chi connectivity index (χ0) is 27.8. The Hall–Kier alpha value is -3.10. The predicted molar refractivity (Wildman–Crippen MR) is 147 cm³/mol. The molecule has 2 aromatic rings. The van der Waals surface area contributed by atoms with E-state index in [1.165, 1.54) is 0 Å². The van der Waals surface area contributed by atoms with E-state index in [4.69, 9.17) is 18.9 Å². The van der Waals surface area contributed by atoms with Gasteiger partial charge >= 0.3 is 5.97 Å². The Morgan fingerprint density at radius 2 is 1.51 bits per heavy atom. The lowest BCUT2D eigenvalue weighted by atomic mass is 9.78. The minimum Gasteiger partial charge on any atom is -0.491 e. The van der Waals surface area contributed by atoms with Gasteiger partial charge in [0, 0.05) is 12.0 Å². The van der Waals surface area contributed by atoms with Gasteiger partial charge in [0.15, 0.2) is 0 Å². The van der Waals surface area contributed by atoms with Gasteiger partial charge in [-0.15, -0.1) is 0 Å². The van der Waals surface area contributed by atoms with E-state index in [0.29, 0.717) is 31.7 Å². The largest absolute Gasteiger partial charge is 0.491 e. The number of aliphatic hydroxyl groups is 1. The molecule has 1 saturated carbocycles. The standard InChI is InChI=1S/C31H41NO7/c1-4-32-29(34)27-7-5-6-8-28(27)30(35)39-18-23(33)17-36-24-13-9-21(10-14-24)31(2,3)22-11-15-25(16-12-22)37-19-26-20-38-26/h9-16,23,26-28,33H,4-8,17-20H2,1-3H3,(H,32,34). The summed E-state index contributed by atoms with van der Waals surface area (Å²) in [6.07, 6.45) is 2.39. The Morgan fingerprint density at radius 3 is 2.08 bits per heavy atom. The van der Waals surface area contributed by atoms with Gasteiger partial charge in [0.2, 0.25) is 5.91 Å². The second-order valence-electron chi connectivity index (χ2n) is 10.9. The molecule has 2 aromatic carbocycles. The Kier molecular flexibility index (Phi) is 9.86. The molecule has 1 amide bonds. The van der Waals surface area contributed by atoms with Crippen molar-refractivity contribution in [1.29, 1.82) is 0 Å². The van der Waals surface area contributed by atoms with Crippen LogP contribution in [0.4, 0.5) is 0 Å². The molecule has 1 heterocycles. The van der Waals surface area contributed by atoms with E-state index in [1.807, 2.05) is 43.3 Å². The molecule has 4 rings (SSSR count). The summed E-state index contributed by atoms with van der Waals surface area (Å²) in [5, 5.41) is 13.2. The molecule has 1 saturated heterocycles. The summed E-state index contributed by atoms with van der Waals surface area (Å²) in [4.78, 5) is 25.0. The highest BCUT2D eigenvalue weighted by Crippen LogP contribution is 2.34. The number of nitrogens with one attached hydrogen (secondary N) is 1. The van der Waals surface area contributed by atoms with Gasteiger partial charge in [0.25, 0.3) is 0 Å². The summed E-state index contributed by atoms with van der Waals surface area (Å²) in [6, 6.07) is 15.9. The van der Waals surface area contributed by atoms with Crippen molar-refractivity contribution in [2.24, 2.45) is 11.8 Å². The third kappa shape index (κ3) is 7.96. The SMILES string of the molecule is CCNC(=O)C1CCCCC1C(=O)OCC(O)COc1ccc(C(C)(C)c2ccc(OCC3CO3)cc2)cc1. The van der Waals surface area contributed by atoms with E-state index < -0.39 is 18.0 Å². The van der Waals surface area contributed by atoms with Crippen LogP contribution in [0.1, 0.15) is 57.6 Å². The Labute approximate surface area is 231 Å². The van der Waals surface area contributed by atoms with Crippen molar-refractivity contribution in [3.8, 4) is 11.5 Å². The van der Waals surface area contributed by atoms with Gasteiger partial charge in [-0.2, -0.15) is 0 Å². The zero-order valence-corrected chi connectivity index (χ0v) is 23.2. The van der Waals surface area contributed by atoms with Gasteiger partial charge in [-0.25, -0.2) is 0 Å². The van der Waals surface area contributed by atoms with E-state index in [0.717, 1.165) is 36.3 Å². The van der Waals surface area contributed by atoms with Gasteiger partial charge in [-0.05, 0) is 55.2 Å². The maximum absolute atomic E-state index is 12.7. The first kappa shape index (κ1) is 28.9. The van der Waals surface area contributed by atoms with E-state index in [-0.39, 0.29) is 36.6 Å². The van der Waals surface area contributed by atoms with Gasteiger partial charge in [0.05, 0.1) is 18.4 Å². The number of rotatable bonds is 13. The Balaban J connectivity index is 1.23. The third-order valence-electron chi connectivity index (χ3n) is 7.61. The molecular weight excluding hydrogens is 498 g/mol. The molecule has 0 bridgehead atoms. The molecule has 0 radical (unpaired) electrons. The Bertz CT molecular complexity index is 1080. The van der Waals surface area contributed by atoms with E-state index in [1.54, 1.807) is 0 Å². The van der Waals surface area contributed by atoms with Gasteiger partial charge in [0.1, 0.15) is 43.5 Å². The molecular formula is C31H41NO7. The summed E-state index contributed by atoms with van der Waals surface area (Å²) >= 11 is 0. The summed E-state index contributed by atoms with van der Waals surface area (Å²) in [5.74, 6) is 0.104. The maximum atomic E-state index is 12.7. The van der Waals surface area contributed by atoms with Crippen LogP contribution >= 0.6 is 0 Å². The molecule has 2 fully saturated rings. The number of hydrogen-bond acceptors (Lipinski definition) is 7. The van der Waals surface area contributed by atoms with Crippen molar-refractivity contribution in [1.82, 2.24) is 5.32 Å². The van der Waals surface area contributed by atoms with E-state index in [9.17, 15) is 14.7 Å². The summed E-state index contributed by atoms with van der Waals surface area (Å²) in [6.45, 7) is 7.91. The fourth-order valence-electron chi connectivity index (χ4n) is 5.01. The molecule has 4 unspecified atom stereocenters. The number of ether oxygens (including phenoxy) is 4. The van der Waals surface area contributed by atoms with Crippen LogP contribution in [-0.4, -0.2) is 62.2 Å². The second-order valence-corrected chi connectivity index (χ2v) is 10.9. The van der Waals surface area contributed by atoms with Crippen LogP contribution in [0.15, 0.2) is 48.5 Å². The summed E-state index contributed by atoms with van der Waals surface area (Å²) in [7, 11) is 0. The topological polar surface area (TPSA) is 107 Å². The molecule has 8 heteroatoms. The Morgan fingerprint density at radius 1 is 0.949 bits per heavy atom. The molecule has 0 spiro atoms. The first-order chi connectivity index (χ1) is 18.8. The van der Waals surface area contributed by atoms with Crippen LogP contribution in [0.5, 0.6) is 11.5 Å². The fourth-order valence-corrected chi connectivity index (χ4v) is 5.01. The zero-order valence-electron chi connectivity index (χ0n) is 23.2. The van der Waals surface area contributed by atoms with Crippen molar-refractivity contribution in [2.75, 3.05) is 33.0 Å². The average molecular weight is 540 g/mol. The molecule has 8 nitrogen and oxygen atoms in total. The van der Waals surface area contributed by atoms with Crippen molar-refractivity contribution < 1.29 is 33.6 Å². The highest BCUT2D eigenvalue weighted by molar-refractivity contribution is 5.85. The lowest BCUT2D eigenvalue weighted by molar-refractivity contribution is -0.157. The monoisotopic (exact) mass is 539 g/mol. The van der Waals surface area contributed by atoms with Gasteiger partial charge < -0.3 is 29.4 Å². The number of benzene rings is 2. The molecule has 1 aliphatic heterocycles. The lowest BCUT2D eigenvalue weighted by Crippen LogP contribution is -2.41. The van der Waals surface area contributed by atoms with Crippen molar-refractivity contribution >= 4 is 11.9 Å². The number of aliphatic hydroxyl groups excluding tert-OH is 1. The molecule has 0 aromatic heterocycles. The van der Waals surface area contributed by atoms with Crippen LogP contribution in [0.3, 0.4) is 0 Å². The highest BCUT2D eigenvalue weighted by atomic mass is 16.6. The van der Waals surface area contributed by atoms with Crippen molar-refractivity contribution in [3.63, 3.8) is 0 Å². The number of carbonyl (C=O) groups excluding carboxylic acids is 2. The predicted octanol–water partition coefficient (Wildman–Crippen LogP) is 4.02. The third-order valence-corrected chi connectivity index (χ3v) is 7.61. The molecule has 1 aliphatic carbocycles. The second kappa shape index (κ2) is 13.3. The number of amides is 1. The molecule has 4 atom stereocenters. The van der Waals surface area contributed by atoms with Crippen molar-refractivity contribution in [2.45, 2.75) is 64.1 Å². The normalized spacial score (nSPS) is 21.5. The van der Waals surface area contributed by atoms with Crippen LogP contribution in [0.25, 0.3) is 0 Å². The van der Waals surface area contributed by atoms with Crippen LogP contribution < -0.4 is 14.8 Å².